The van der Waals surface area contributed by atoms with Crippen LogP contribution in [0.5, 0.6) is 0 Å². The highest BCUT2D eigenvalue weighted by atomic mass is 32.2. The predicted octanol–water partition coefficient (Wildman–Crippen LogP) is 2.16. The third kappa shape index (κ3) is 10.5. The zero-order valence-electron chi connectivity index (χ0n) is 8.88. The van der Waals surface area contributed by atoms with Gasteiger partial charge in [0, 0.05) is 29.4 Å². The van der Waals surface area contributed by atoms with Crippen LogP contribution in [-0.2, 0) is 10.8 Å². The lowest BCUT2D eigenvalue weighted by Crippen LogP contribution is -2.20. The average Bonchev–Trinajstić information content (AvgIpc) is 2.13. The molecule has 0 aliphatic heterocycles. The van der Waals surface area contributed by atoms with Crippen LogP contribution in [0, 0.1) is 0 Å². The van der Waals surface area contributed by atoms with Crippen LogP contribution in [0.25, 0.3) is 0 Å². The third-order valence-corrected chi connectivity index (χ3v) is 3.95. The fraction of sp³-hybridized carbons (Fsp3) is 0.889. The van der Waals surface area contributed by atoms with Gasteiger partial charge in [-0.1, -0.05) is 30.9 Å². The van der Waals surface area contributed by atoms with Gasteiger partial charge < -0.3 is 5.32 Å². The maximum Gasteiger partial charge on any atom is 0.133 e. The first-order valence-electron chi connectivity index (χ1n) is 4.87. The zero-order chi connectivity index (χ0) is 10.8. The van der Waals surface area contributed by atoms with E-state index in [2.05, 4.69) is 12.2 Å². The second kappa shape index (κ2) is 9.93. The molecule has 2 nitrogen and oxygen atoms in total. The van der Waals surface area contributed by atoms with Crippen molar-refractivity contribution in [1.82, 2.24) is 5.32 Å². The minimum absolute atomic E-state index is 0.650. The molecule has 0 aromatic rings. The standard InChI is InChI=1S/C9H19NOS3/c1-3-7-13-9(12)10-6-4-5-8-14(2)11/h3-8H2,1-2H3,(H,10,12). The van der Waals surface area contributed by atoms with Crippen LogP contribution in [0.3, 0.4) is 0 Å². The molecule has 0 radical (unpaired) electrons. The van der Waals surface area contributed by atoms with Crippen molar-refractivity contribution in [2.45, 2.75) is 26.2 Å². The second-order valence-electron chi connectivity index (χ2n) is 3.05. The summed E-state index contributed by atoms with van der Waals surface area (Å²) in [5.41, 5.74) is 0. The van der Waals surface area contributed by atoms with Gasteiger partial charge in [-0.05, 0) is 25.0 Å². The first-order valence-corrected chi connectivity index (χ1v) is 7.99. The van der Waals surface area contributed by atoms with Crippen molar-refractivity contribution in [3.8, 4) is 0 Å². The largest absolute Gasteiger partial charge is 0.371 e. The number of hydrogen-bond acceptors (Lipinski definition) is 3. The molecular formula is C9H19NOS3. The molecule has 0 amide bonds. The van der Waals surface area contributed by atoms with E-state index in [-0.39, 0.29) is 0 Å². The van der Waals surface area contributed by atoms with Crippen molar-refractivity contribution in [3.63, 3.8) is 0 Å². The first-order chi connectivity index (χ1) is 6.66. The number of thioether (sulfide) groups is 1. The molecule has 14 heavy (non-hydrogen) atoms. The van der Waals surface area contributed by atoms with Crippen molar-refractivity contribution in [2.24, 2.45) is 0 Å². The van der Waals surface area contributed by atoms with Crippen molar-refractivity contribution in [1.29, 1.82) is 0 Å². The van der Waals surface area contributed by atoms with Crippen molar-refractivity contribution in [2.75, 3.05) is 24.3 Å². The van der Waals surface area contributed by atoms with Gasteiger partial charge in [0.1, 0.15) is 4.32 Å². The maximum atomic E-state index is 10.7. The van der Waals surface area contributed by atoms with Crippen LogP contribution in [0.15, 0.2) is 0 Å². The molecule has 0 saturated carbocycles. The molecule has 0 rings (SSSR count). The van der Waals surface area contributed by atoms with E-state index in [1.807, 2.05) is 0 Å². The third-order valence-electron chi connectivity index (χ3n) is 1.57. The molecular weight excluding hydrogens is 234 g/mol. The van der Waals surface area contributed by atoms with Crippen LogP contribution >= 0.6 is 24.0 Å². The van der Waals surface area contributed by atoms with E-state index in [0.717, 1.165) is 41.6 Å². The molecule has 0 aromatic heterocycles. The van der Waals surface area contributed by atoms with Gasteiger partial charge in [0.05, 0.1) is 0 Å². The molecule has 84 valence electrons. The van der Waals surface area contributed by atoms with Crippen molar-refractivity contribution in [3.05, 3.63) is 0 Å². The highest BCUT2D eigenvalue weighted by Gasteiger charge is 1.96. The predicted molar refractivity (Wildman–Crippen MR) is 71.5 cm³/mol. The Labute approximate surface area is 99.1 Å². The molecule has 5 heteroatoms. The number of hydrogen-bond donors (Lipinski definition) is 1. The van der Waals surface area contributed by atoms with E-state index in [1.165, 1.54) is 0 Å². The van der Waals surface area contributed by atoms with E-state index in [4.69, 9.17) is 12.2 Å². The Balaban J connectivity index is 3.19. The molecule has 1 atom stereocenters. The Bertz CT molecular complexity index is 185. The summed E-state index contributed by atoms with van der Waals surface area (Å²) < 4.78 is 11.6. The molecule has 0 heterocycles. The molecule has 0 fully saturated rings. The molecule has 0 bridgehead atoms. The number of thiocarbonyl (C=S) groups is 1. The monoisotopic (exact) mass is 253 g/mol. The molecule has 0 spiro atoms. The molecule has 1 N–H and O–H groups in total. The van der Waals surface area contributed by atoms with Gasteiger partial charge in [0.25, 0.3) is 0 Å². The number of nitrogens with one attached hydrogen (secondary N) is 1. The lowest BCUT2D eigenvalue weighted by Gasteiger charge is -2.05. The van der Waals surface area contributed by atoms with Gasteiger partial charge in [-0.25, -0.2) is 0 Å². The molecule has 0 aliphatic carbocycles. The van der Waals surface area contributed by atoms with Gasteiger partial charge in [-0.2, -0.15) is 0 Å². The quantitative estimate of drug-likeness (QED) is 0.556. The molecule has 1 unspecified atom stereocenters. The van der Waals surface area contributed by atoms with E-state index < -0.39 is 10.8 Å². The summed E-state index contributed by atoms with van der Waals surface area (Å²) >= 11 is 6.81. The Morgan fingerprint density at radius 1 is 1.50 bits per heavy atom. The normalized spacial score (nSPS) is 12.4. The zero-order valence-corrected chi connectivity index (χ0v) is 11.3. The van der Waals surface area contributed by atoms with Crippen LogP contribution in [0.1, 0.15) is 26.2 Å². The topological polar surface area (TPSA) is 29.1 Å². The van der Waals surface area contributed by atoms with Crippen molar-refractivity contribution < 1.29 is 4.21 Å². The molecule has 0 aliphatic rings. The van der Waals surface area contributed by atoms with Gasteiger partial charge >= 0.3 is 0 Å². The summed E-state index contributed by atoms with van der Waals surface area (Å²) in [6, 6.07) is 0. The van der Waals surface area contributed by atoms with E-state index in [1.54, 1.807) is 18.0 Å². The maximum absolute atomic E-state index is 10.7. The number of rotatable bonds is 7. The summed E-state index contributed by atoms with van der Waals surface area (Å²) in [7, 11) is -0.650. The number of unbranched alkanes of at least 4 members (excludes halogenated alkanes) is 1. The fourth-order valence-electron chi connectivity index (χ4n) is 0.867. The van der Waals surface area contributed by atoms with Gasteiger partial charge in [0.15, 0.2) is 0 Å². The fourth-order valence-corrected chi connectivity index (χ4v) is 2.42. The Kier molecular flexibility index (Phi) is 10.2. The minimum atomic E-state index is -0.650. The van der Waals surface area contributed by atoms with Crippen LogP contribution in [-0.4, -0.2) is 32.8 Å². The second-order valence-corrected chi connectivity index (χ2v) is 6.37. The lowest BCUT2D eigenvalue weighted by atomic mass is 10.3. The van der Waals surface area contributed by atoms with Gasteiger partial charge in [-0.15, -0.1) is 0 Å². The van der Waals surface area contributed by atoms with Crippen LogP contribution in [0.2, 0.25) is 0 Å². The summed E-state index contributed by atoms with van der Waals surface area (Å²) in [6.07, 6.45) is 4.96. The first kappa shape index (κ1) is 14.4. The summed E-state index contributed by atoms with van der Waals surface area (Å²) in [5, 5.41) is 3.19. The average molecular weight is 253 g/mol. The SMILES string of the molecule is CCCSC(=S)NCCCCS(C)=O. The Morgan fingerprint density at radius 2 is 2.21 bits per heavy atom. The van der Waals surface area contributed by atoms with Crippen molar-refractivity contribution >= 4 is 39.1 Å². The van der Waals surface area contributed by atoms with Crippen LogP contribution < -0.4 is 5.32 Å². The molecule has 0 saturated heterocycles. The van der Waals surface area contributed by atoms with Gasteiger partial charge in [0.2, 0.25) is 0 Å². The van der Waals surface area contributed by atoms with E-state index in [0.29, 0.717) is 0 Å². The lowest BCUT2D eigenvalue weighted by molar-refractivity contribution is 0.680. The summed E-state index contributed by atoms with van der Waals surface area (Å²) in [6.45, 7) is 3.05. The summed E-state index contributed by atoms with van der Waals surface area (Å²) in [5.74, 6) is 1.89. The minimum Gasteiger partial charge on any atom is -0.371 e. The molecule has 0 aromatic carbocycles. The highest BCUT2D eigenvalue weighted by molar-refractivity contribution is 8.22. The van der Waals surface area contributed by atoms with Gasteiger partial charge in [-0.3, -0.25) is 4.21 Å². The Hall–Kier alpha value is 0.390. The Morgan fingerprint density at radius 3 is 2.79 bits per heavy atom. The van der Waals surface area contributed by atoms with Crippen LogP contribution in [0.4, 0.5) is 0 Å². The highest BCUT2D eigenvalue weighted by Crippen LogP contribution is 2.03. The smallest absolute Gasteiger partial charge is 0.133 e. The summed E-state index contributed by atoms with van der Waals surface area (Å²) in [4.78, 5) is 0. The van der Waals surface area contributed by atoms with E-state index in [9.17, 15) is 4.21 Å². The van der Waals surface area contributed by atoms with E-state index >= 15 is 0 Å².